The second-order valence-corrected chi connectivity index (χ2v) is 4.36. The van der Waals surface area contributed by atoms with E-state index < -0.39 is 4.92 Å². The van der Waals surface area contributed by atoms with Crippen molar-refractivity contribution in [3.8, 4) is 0 Å². The molecule has 0 aromatic heterocycles. The Bertz CT molecular complexity index is 437. The van der Waals surface area contributed by atoms with Crippen LogP contribution in [0.2, 0.25) is 0 Å². The fourth-order valence-corrected chi connectivity index (χ4v) is 1.67. The molecule has 112 valence electrons. The summed E-state index contributed by atoms with van der Waals surface area (Å²) in [4.78, 5) is 21.7. The summed E-state index contributed by atoms with van der Waals surface area (Å²) in [5.74, 6) is -0.0846. The van der Waals surface area contributed by atoms with Gasteiger partial charge in [-0.05, 0) is 19.0 Å². The summed E-state index contributed by atoms with van der Waals surface area (Å²) in [7, 11) is 0. The van der Waals surface area contributed by atoms with Gasteiger partial charge in [-0.2, -0.15) is 0 Å². The number of carbonyl (C=O) groups excluding carboxylic acids is 1. The van der Waals surface area contributed by atoms with E-state index in [1.807, 2.05) is 13.8 Å². The molecule has 0 aliphatic rings. The molecule has 1 atom stereocenters. The molecule has 0 aliphatic carbocycles. The van der Waals surface area contributed by atoms with Gasteiger partial charge >= 0.3 is 0 Å². The second kappa shape index (κ2) is 9.28. The summed E-state index contributed by atoms with van der Waals surface area (Å²) in [5, 5.41) is 16.5. The van der Waals surface area contributed by atoms with Crippen LogP contribution in [-0.4, -0.2) is 30.0 Å². The van der Waals surface area contributed by atoms with Crippen molar-refractivity contribution in [2.75, 3.05) is 13.1 Å². The molecular weight excluding hydrogens is 282 g/mol. The number of nitro groups is 1. The van der Waals surface area contributed by atoms with Gasteiger partial charge in [0.2, 0.25) is 5.91 Å². The molecule has 6 nitrogen and oxygen atoms in total. The first kappa shape index (κ1) is 18.3. The molecule has 1 aromatic rings. The van der Waals surface area contributed by atoms with Gasteiger partial charge in [-0.1, -0.05) is 19.1 Å². The SMILES string of the molecule is CCN[C@H](C)CNC(=O)Cc1ccc([N+](=O)[O-])cc1.Cl. The molecule has 0 saturated carbocycles. The fraction of sp³-hybridized carbons (Fsp3) is 0.462. The highest BCUT2D eigenvalue weighted by Gasteiger charge is 2.08. The zero-order valence-corrected chi connectivity index (χ0v) is 12.4. The van der Waals surface area contributed by atoms with E-state index in [4.69, 9.17) is 0 Å². The van der Waals surface area contributed by atoms with Gasteiger partial charge in [0.15, 0.2) is 0 Å². The number of amides is 1. The van der Waals surface area contributed by atoms with Crippen LogP contribution in [0.3, 0.4) is 0 Å². The van der Waals surface area contributed by atoms with Crippen LogP contribution in [0.15, 0.2) is 24.3 Å². The van der Waals surface area contributed by atoms with Gasteiger partial charge in [-0.3, -0.25) is 14.9 Å². The van der Waals surface area contributed by atoms with Crippen LogP contribution in [0.25, 0.3) is 0 Å². The normalized spacial score (nSPS) is 11.3. The molecule has 0 saturated heterocycles. The lowest BCUT2D eigenvalue weighted by Gasteiger charge is -2.13. The van der Waals surface area contributed by atoms with Crippen molar-refractivity contribution in [2.45, 2.75) is 26.3 Å². The molecular formula is C13H20ClN3O3. The Morgan fingerprint density at radius 2 is 1.95 bits per heavy atom. The van der Waals surface area contributed by atoms with Gasteiger partial charge in [0.1, 0.15) is 0 Å². The van der Waals surface area contributed by atoms with Crippen molar-refractivity contribution in [2.24, 2.45) is 0 Å². The number of nitrogens with one attached hydrogen (secondary N) is 2. The number of nitrogens with zero attached hydrogens (tertiary/aromatic N) is 1. The van der Waals surface area contributed by atoms with Crippen LogP contribution in [0.5, 0.6) is 0 Å². The lowest BCUT2D eigenvalue weighted by atomic mass is 10.1. The van der Waals surface area contributed by atoms with Crippen LogP contribution < -0.4 is 10.6 Å². The highest BCUT2D eigenvalue weighted by Crippen LogP contribution is 2.12. The lowest BCUT2D eigenvalue weighted by molar-refractivity contribution is -0.384. The van der Waals surface area contributed by atoms with Gasteiger partial charge in [0.05, 0.1) is 11.3 Å². The third-order valence-electron chi connectivity index (χ3n) is 2.67. The third-order valence-corrected chi connectivity index (χ3v) is 2.67. The zero-order valence-electron chi connectivity index (χ0n) is 11.6. The molecule has 0 radical (unpaired) electrons. The minimum Gasteiger partial charge on any atom is -0.354 e. The van der Waals surface area contributed by atoms with E-state index in [1.54, 1.807) is 12.1 Å². The maximum Gasteiger partial charge on any atom is 0.269 e. The van der Waals surface area contributed by atoms with Gasteiger partial charge in [-0.15, -0.1) is 12.4 Å². The van der Waals surface area contributed by atoms with Crippen LogP contribution >= 0.6 is 12.4 Å². The number of non-ortho nitro benzene ring substituents is 1. The molecule has 1 amide bonds. The van der Waals surface area contributed by atoms with Crippen molar-refractivity contribution < 1.29 is 9.72 Å². The summed E-state index contributed by atoms with van der Waals surface area (Å²) in [6.45, 7) is 5.43. The van der Waals surface area contributed by atoms with Crippen molar-refractivity contribution >= 4 is 24.0 Å². The molecule has 0 bridgehead atoms. The van der Waals surface area contributed by atoms with Gasteiger partial charge < -0.3 is 10.6 Å². The maximum atomic E-state index is 11.7. The van der Waals surface area contributed by atoms with Crippen LogP contribution in [0, 0.1) is 10.1 Å². The van der Waals surface area contributed by atoms with Gasteiger partial charge in [0.25, 0.3) is 5.69 Å². The Labute approximate surface area is 124 Å². The average Bonchev–Trinajstić information content (AvgIpc) is 2.37. The molecule has 0 unspecified atom stereocenters. The highest BCUT2D eigenvalue weighted by atomic mass is 35.5. The number of carbonyl (C=O) groups is 1. The van der Waals surface area contributed by atoms with Crippen LogP contribution in [0.4, 0.5) is 5.69 Å². The first-order chi connectivity index (χ1) is 9.02. The predicted molar refractivity (Wildman–Crippen MR) is 80.2 cm³/mol. The molecule has 0 aliphatic heterocycles. The largest absolute Gasteiger partial charge is 0.354 e. The Balaban J connectivity index is 0.00000361. The lowest BCUT2D eigenvalue weighted by Crippen LogP contribution is -2.39. The smallest absolute Gasteiger partial charge is 0.269 e. The highest BCUT2D eigenvalue weighted by molar-refractivity contribution is 5.85. The molecule has 0 spiro atoms. The number of hydrogen-bond acceptors (Lipinski definition) is 4. The number of nitro benzene ring substituents is 1. The summed E-state index contributed by atoms with van der Waals surface area (Å²) in [5.41, 5.74) is 0.795. The summed E-state index contributed by atoms with van der Waals surface area (Å²) in [6.07, 6.45) is 0.233. The summed E-state index contributed by atoms with van der Waals surface area (Å²) in [6, 6.07) is 6.25. The van der Waals surface area contributed by atoms with Gasteiger partial charge in [0, 0.05) is 24.7 Å². The summed E-state index contributed by atoms with van der Waals surface area (Å²) < 4.78 is 0. The summed E-state index contributed by atoms with van der Waals surface area (Å²) >= 11 is 0. The maximum absolute atomic E-state index is 11.7. The minimum atomic E-state index is -0.456. The molecule has 7 heteroatoms. The van der Waals surface area contributed by atoms with Crippen LogP contribution in [0.1, 0.15) is 19.4 Å². The number of hydrogen-bond donors (Lipinski definition) is 2. The zero-order chi connectivity index (χ0) is 14.3. The number of benzene rings is 1. The first-order valence-electron chi connectivity index (χ1n) is 6.26. The van der Waals surface area contributed by atoms with Crippen molar-refractivity contribution in [3.05, 3.63) is 39.9 Å². The number of rotatable bonds is 7. The Kier molecular flexibility index (Phi) is 8.51. The second-order valence-electron chi connectivity index (χ2n) is 4.36. The standard InChI is InChI=1S/C13H19N3O3.ClH/c1-3-14-10(2)9-15-13(17)8-11-4-6-12(7-5-11)16(18)19;/h4-7,10,14H,3,8-9H2,1-2H3,(H,15,17);1H/t10-;/m1./s1. The Morgan fingerprint density at radius 3 is 2.45 bits per heavy atom. The van der Waals surface area contributed by atoms with Crippen molar-refractivity contribution in [1.29, 1.82) is 0 Å². The average molecular weight is 302 g/mol. The Hall–Kier alpha value is -1.66. The van der Waals surface area contributed by atoms with Crippen LogP contribution in [-0.2, 0) is 11.2 Å². The van der Waals surface area contributed by atoms with E-state index in [-0.39, 0.29) is 36.5 Å². The molecule has 20 heavy (non-hydrogen) atoms. The molecule has 0 heterocycles. The molecule has 2 N–H and O–H groups in total. The Morgan fingerprint density at radius 1 is 1.35 bits per heavy atom. The number of likely N-dealkylation sites (N-methyl/N-ethyl adjacent to an activating group) is 1. The van der Waals surface area contributed by atoms with Gasteiger partial charge in [-0.25, -0.2) is 0 Å². The molecule has 1 aromatic carbocycles. The van der Waals surface area contributed by atoms with E-state index >= 15 is 0 Å². The topological polar surface area (TPSA) is 84.3 Å². The first-order valence-corrected chi connectivity index (χ1v) is 6.26. The van der Waals surface area contributed by atoms with E-state index in [0.717, 1.165) is 12.1 Å². The predicted octanol–water partition coefficient (Wildman–Crippen LogP) is 1.67. The van der Waals surface area contributed by atoms with Crippen molar-refractivity contribution in [3.63, 3.8) is 0 Å². The van der Waals surface area contributed by atoms with E-state index in [1.165, 1.54) is 12.1 Å². The quantitative estimate of drug-likeness (QED) is 0.593. The molecule has 1 rings (SSSR count). The molecule has 0 fully saturated rings. The fourth-order valence-electron chi connectivity index (χ4n) is 1.67. The van der Waals surface area contributed by atoms with E-state index in [9.17, 15) is 14.9 Å². The van der Waals surface area contributed by atoms with Crippen molar-refractivity contribution in [1.82, 2.24) is 10.6 Å². The van der Waals surface area contributed by atoms with E-state index in [0.29, 0.717) is 6.54 Å². The third kappa shape index (κ3) is 6.49. The number of halogens is 1. The van der Waals surface area contributed by atoms with E-state index in [2.05, 4.69) is 10.6 Å². The monoisotopic (exact) mass is 301 g/mol. The minimum absolute atomic E-state index is 0.